The van der Waals surface area contributed by atoms with Gasteiger partial charge in [-0.05, 0) is 0 Å². The normalized spacial score (nSPS) is 14.7. The van der Waals surface area contributed by atoms with E-state index >= 15 is 0 Å². The molecule has 0 bridgehead atoms. The van der Waals surface area contributed by atoms with Gasteiger partial charge in [-0.1, -0.05) is 0 Å². The van der Waals surface area contributed by atoms with E-state index in [1.165, 1.54) is 0 Å². The zero-order valence-electron chi connectivity index (χ0n) is 9.13. The van der Waals surface area contributed by atoms with Crippen LogP contribution in [-0.2, 0) is 6.05 Å². The number of imidazole rings is 1. The number of H-pyrrole nitrogens is 2. The molecule has 0 aliphatic carbocycles. The van der Waals surface area contributed by atoms with Crippen LogP contribution in [0, 0.1) is 0 Å². The van der Waals surface area contributed by atoms with E-state index in [1.54, 1.807) is 9.97 Å². The van der Waals surface area contributed by atoms with Crippen molar-refractivity contribution in [2.75, 3.05) is 0 Å². The predicted molar refractivity (Wildman–Crippen MR) is 52.1 cm³/mol. The second-order valence-electron chi connectivity index (χ2n) is 3.71. The van der Waals surface area contributed by atoms with Gasteiger partial charge in [0.05, 0.1) is 0 Å². The SMILES string of the molecule is O=c1[nH]c(=O)c2ncn(C(F)(F)C(F)C(F)(F)F)c2[nH]1. The van der Waals surface area contributed by atoms with Crippen LogP contribution >= 0.6 is 0 Å². The molecule has 2 aromatic heterocycles. The number of hydrogen-bond acceptors (Lipinski definition) is 3. The van der Waals surface area contributed by atoms with Crippen molar-refractivity contribution in [2.45, 2.75) is 18.4 Å². The second-order valence-corrected chi connectivity index (χ2v) is 3.71. The van der Waals surface area contributed by atoms with Crippen LogP contribution in [0.2, 0.25) is 0 Å². The summed E-state index contributed by atoms with van der Waals surface area (Å²) >= 11 is 0. The third kappa shape index (κ3) is 2.06. The molecule has 2 rings (SSSR count). The van der Waals surface area contributed by atoms with Crippen LogP contribution in [0.25, 0.3) is 11.2 Å². The molecule has 0 amide bonds. The molecule has 0 fully saturated rings. The van der Waals surface area contributed by atoms with Gasteiger partial charge in [-0.2, -0.15) is 22.0 Å². The summed E-state index contributed by atoms with van der Waals surface area (Å²) in [5.74, 6) is 0. The molecular weight excluding hydrogens is 298 g/mol. The zero-order chi connectivity index (χ0) is 15.3. The number of halogens is 6. The summed E-state index contributed by atoms with van der Waals surface area (Å²) < 4.78 is 75.5. The molecular formula is C8H4F6N4O2. The minimum absolute atomic E-state index is 0.133. The topological polar surface area (TPSA) is 83.5 Å². The molecule has 0 saturated heterocycles. The van der Waals surface area contributed by atoms with Gasteiger partial charge in [-0.15, -0.1) is 0 Å². The maximum Gasteiger partial charge on any atom is 0.427 e. The molecule has 1 atom stereocenters. The van der Waals surface area contributed by atoms with Gasteiger partial charge in [0.2, 0.25) is 0 Å². The van der Waals surface area contributed by atoms with Crippen molar-refractivity contribution in [3.63, 3.8) is 0 Å². The van der Waals surface area contributed by atoms with E-state index in [9.17, 15) is 35.9 Å². The number of hydrogen-bond donors (Lipinski definition) is 2. The third-order valence-electron chi connectivity index (χ3n) is 2.36. The summed E-state index contributed by atoms with van der Waals surface area (Å²) in [5.41, 5.74) is -4.21. The lowest BCUT2D eigenvalue weighted by molar-refractivity contribution is -0.271. The number of aromatic amines is 2. The number of rotatable bonds is 2. The first-order chi connectivity index (χ1) is 9.05. The number of nitrogens with one attached hydrogen (secondary N) is 2. The van der Waals surface area contributed by atoms with Crippen molar-refractivity contribution in [1.29, 1.82) is 0 Å². The van der Waals surface area contributed by atoms with Crippen molar-refractivity contribution < 1.29 is 26.3 Å². The van der Waals surface area contributed by atoms with Crippen LogP contribution in [0.3, 0.4) is 0 Å². The first kappa shape index (κ1) is 14.1. The van der Waals surface area contributed by atoms with E-state index in [2.05, 4.69) is 4.98 Å². The highest BCUT2D eigenvalue weighted by Crippen LogP contribution is 2.39. The van der Waals surface area contributed by atoms with Gasteiger partial charge in [-0.25, -0.2) is 14.2 Å². The first-order valence-electron chi connectivity index (χ1n) is 4.84. The van der Waals surface area contributed by atoms with Gasteiger partial charge in [0, 0.05) is 0 Å². The van der Waals surface area contributed by atoms with Gasteiger partial charge in [-0.3, -0.25) is 19.3 Å². The molecule has 1 unspecified atom stereocenters. The van der Waals surface area contributed by atoms with Crippen molar-refractivity contribution >= 4 is 11.2 Å². The minimum Gasteiger partial charge on any atom is -0.291 e. The molecule has 0 aliphatic heterocycles. The van der Waals surface area contributed by atoms with Crippen LogP contribution < -0.4 is 11.2 Å². The largest absolute Gasteiger partial charge is 0.427 e. The highest BCUT2D eigenvalue weighted by Gasteiger charge is 2.58. The molecule has 2 aromatic rings. The lowest BCUT2D eigenvalue weighted by Gasteiger charge is -2.23. The number of nitrogens with zero attached hydrogens (tertiary/aromatic N) is 2. The Labute approximate surface area is 104 Å². The van der Waals surface area contributed by atoms with Crippen LogP contribution in [0.5, 0.6) is 0 Å². The molecule has 6 nitrogen and oxygen atoms in total. The quantitative estimate of drug-likeness (QED) is 0.807. The van der Waals surface area contributed by atoms with Crippen LogP contribution in [0.15, 0.2) is 15.9 Å². The van der Waals surface area contributed by atoms with Crippen molar-refractivity contribution in [3.8, 4) is 0 Å². The van der Waals surface area contributed by atoms with Gasteiger partial charge in [0.25, 0.3) is 11.7 Å². The third-order valence-corrected chi connectivity index (χ3v) is 2.36. The smallest absolute Gasteiger partial charge is 0.291 e. The van der Waals surface area contributed by atoms with E-state index in [0.29, 0.717) is 0 Å². The van der Waals surface area contributed by atoms with E-state index in [4.69, 9.17) is 0 Å². The van der Waals surface area contributed by atoms with Gasteiger partial charge in [0.1, 0.15) is 6.33 Å². The molecule has 20 heavy (non-hydrogen) atoms. The van der Waals surface area contributed by atoms with Crippen molar-refractivity contribution in [1.82, 2.24) is 19.5 Å². The Morgan fingerprint density at radius 3 is 2.30 bits per heavy atom. The van der Waals surface area contributed by atoms with Gasteiger partial charge >= 0.3 is 17.9 Å². The van der Waals surface area contributed by atoms with Crippen molar-refractivity contribution in [2.24, 2.45) is 0 Å². The molecule has 2 heterocycles. The zero-order valence-corrected chi connectivity index (χ0v) is 9.13. The summed E-state index contributed by atoms with van der Waals surface area (Å²) in [5, 5.41) is 0. The fourth-order valence-corrected chi connectivity index (χ4v) is 1.48. The molecule has 0 spiro atoms. The maximum absolute atomic E-state index is 13.5. The molecule has 110 valence electrons. The average Bonchev–Trinajstić information content (AvgIpc) is 2.71. The lowest BCUT2D eigenvalue weighted by Crippen LogP contribution is -2.43. The molecule has 0 saturated carbocycles. The highest BCUT2D eigenvalue weighted by atomic mass is 19.4. The fraction of sp³-hybridized carbons (Fsp3) is 0.375. The average molecular weight is 302 g/mol. The minimum atomic E-state index is -5.83. The summed E-state index contributed by atoms with van der Waals surface area (Å²) in [6.07, 6.45) is -10.2. The van der Waals surface area contributed by atoms with Crippen LogP contribution in [-0.4, -0.2) is 31.9 Å². The standard InChI is InChI=1S/C8H4F6N4O2/c9-5(7(10,11)12)8(13,14)18-1-15-2-3(18)16-6(20)17-4(2)19/h1,5H,(H2,16,17,19,20). The van der Waals surface area contributed by atoms with E-state index in [-0.39, 0.29) is 6.33 Å². The predicted octanol–water partition coefficient (Wildman–Crippen LogP) is 0.863. The number of alkyl halides is 6. The first-order valence-corrected chi connectivity index (χ1v) is 4.84. The molecule has 2 N–H and O–H groups in total. The summed E-state index contributed by atoms with van der Waals surface area (Å²) in [4.78, 5) is 28.6. The summed E-state index contributed by atoms with van der Waals surface area (Å²) in [7, 11) is 0. The Morgan fingerprint density at radius 2 is 1.75 bits per heavy atom. The maximum atomic E-state index is 13.5. The Morgan fingerprint density at radius 1 is 1.15 bits per heavy atom. The fourth-order valence-electron chi connectivity index (χ4n) is 1.48. The highest BCUT2D eigenvalue weighted by molar-refractivity contribution is 5.69. The Kier molecular flexibility index (Phi) is 2.91. The molecule has 0 radical (unpaired) electrons. The van der Waals surface area contributed by atoms with E-state index in [0.717, 1.165) is 0 Å². The van der Waals surface area contributed by atoms with Gasteiger partial charge < -0.3 is 0 Å². The summed E-state index contributed by atoms with van der Waals surface area (Å²) in [6.45, 7) is 0. The second kappa shape index (κ2) is 4.11. The summed E-state index contributed by atoms with van der Waals surface area (Å²) in [6, 6.07) is -5.08. The Bertz CT molecular complexity index is 757. The van der Waals surface area contributed by atoms with Crippen LogP contribution in [0.4, 0.5) is 26.3 Å². The van der Waals surface area contributed by atoms with Crippen molar-refractivity contribution in [3.05, 3.63) is 27.2 Å². The van der Waals surface area contributed by atoms with E-state index in [1.807, 2.05) is 0 Å². The Balaban J connectivity index is 2.70. The van der Waals surface area contributed by atoms with Gasteiger partial charge in [0.15, 0.2) is 11.2 Å². The number of fused-ring (bicyclic) bond motifs is 1. The lowest BCUT2D eigenvalue weighted by atomic mass is 10.3. The van der Waals surface area contributed by atoms with Crippen LogP contribution in [0.1, 0.15) is 0 Å². The number of aromatic nitrogens is 4. The molecule has 0 aromatic carbocycles. The van der Waals surface area contributed by atoms with E-state index < -0.39 is 45.4 Å². The molecule has 12 heteroatoms. The monoisotopic (exact) mass is 302 g/mol. The Hall–Kier alpha value is -2.27. The molecule has 0 aliphatic rings.